The predicted octanol–water partition coefficient (Wildman–Crippen LogP) is 17.0. The van der Waals surface area contributed by atoms with Crippen LogP contribution in [0.3, 0.4) is 0 Å². The van der Waals surface area contributed by atoms with Crippen molar-refractivity contribution in [3.05, 3.63) is 230 Å². The molecule has 11 aromatic carbocycles. The topological polar surface area (TPSA) is 13.1 Å². The lowest BCUT2D eigenvalue weighted by atomic mass is 9.81. The highest BCUT2D eigenvalue weighted by molar-refractivity contribution is 6.25. The minimum absolute atomic E-state index is 0.00710. The van der Waals surface area contributed by atoms with Gasteiger partial charge < -0.3 is 4.42 Å². The molecule has 0 saturated carbocycles. The number of fused-ring (bicyclic) bond motifs is 6. The Bertz CT molecular complexity index is 4290. The van der Waals surface area contributed by atoms with Crippen LogP contribution in [0, 0.1) is 0 Å². The predicted molar refractivity (Wildman–Crippen MR) is 259 cm³/mol. The molecular weight excluding hydrogens is 737 g/mol. The molecule has 0 spiro atoms. The van der Waals surface area contributed by atoms with Crippen LogP contribution in [0.2, 0.25) is 0 Å². The van der Waals surface area contributed by atoms with Crippen molar-refractivity contribution in [3.63, 3.8) is 0 Å². The molecule has 0 bridgehead atoms. The zero-order valence-electron chi connectivity index (χ0n) is 45.3. The fourth-order valence-electron chi connectivity index (χ4n) is 8.92. The molecule has 0 amide bonds. The van der Waals surface area contributed by atoms with E-state index in [1.165, 1.54) is 0 Å². The maximum Gasteiger partial charge on any atom is 0.143 e. The zero-order chi connectivity index (χ0) is 51.6. The summed E-state index contributed by atoms with van der Waals surface area (Å²) in [6.07, 6.45) is 0. The second kappa shape index (κ2) is 14.4. The second-order valence-electron chi connectivity index (χ2n) is 14.9. The third-order valence-electron chi connectivity index (χ3n) is 11.6. The molecular formula is C60H38O. The number of benzene rings is 11. The van der Waals surface area contributed by atoms with Crippen LogP contribution in [0.25, 0.3) is 121 Å². The second-order valence-corrected chi connectivity index (χ2v) is 14.9. The molecule has 284 valence electrons. The molecule has 1 aromatic heterocycles. The van der Waals surface area contributed by atoms with Gasteiger partial charge in [-0.05, 0) is 112 Å². The molecule has 0 aliphatic heterocycles. The van der Waals surface area contributed by atoms with E-state index in [2.05, 4.69) is 6.07 Å². The minimum atomic E-state index is -0.608. The number of hydrogen-bond acceptors (Lipinski definition) is 1. The molecule has 0 atom stereocenters. The standard InChI is InChI=1S/C60H38O/c1-4-17-39(18-5-1)47-35-31-42-23-10-11-24-46(42)58(47)59-51-27-14-12-25-49(51)57(50-26-13-15-28-52(50)59)44-32-34-45(54(38-44)41-21-8-3-9-22-41)43-33-36-56-55(37-43)53-30-16-29-48(60(53)61-56)40-19-6-2-7-20-40/h1-38H/i1D,4D,5D,12D,13D,14D,15D,17D,18D,25D,26D,27D,28D. The van der Waals surface area contributed by atoms with E-state index in [-0.39, 0.29) is 49.4 Å². The van der Waals surface area contributed by atoms with Gasteiger partial charge in [-0.1, -0.05) is 212 Å². The zero-order valence-corrected chi connectivity index (χ0v) is 32.3. The average molecular weight is 788 g/mol. The van der Waals surface area contributed by atoms with Gasteiger partial charge in [0.05, 0.1) is 17.8 Å². The fourth-order valence-corrected chi connectivity index (χ4v) is 8.92. The largest absolute Gasteiger partial charge is 0.455 e. The first-order chi connectivity index (χ1) is 35.7. The lowest BCUT2D eigenvalue weighted by Crippen LogP contribution is -1.94. The summed E-state index contributed by atoms with van der Waals surface area (Å²) in [6, 6.07) is 40.7. The van der Waals surface area contributed by atoms with Crippen molar-refractivity contribution < 1.29 is 22.2 Å². The van der Waals surface area contributed by atoms with Crippen molar-refractivity contribution in [1.29, 1.82) is 0 Å². The van der Waals surface area contributed by atoms with Crippen LogP contribution < -0.4 is 0 Å². The quantitative estimate of drug-likeness (QED) is 0.153. The van der Waals surface area contributed by atoms with Crippen LogP contribution in [0.5, 0.6) is 0 Å². The maximum absolute atomic E-state index is 9.78. The molecule has 61 heavy (non-hydrogen) atoms. The van der Waals surface area contributed by atoms with E-state index >= 15 is 0 Å². The van der Waals surface area contributed by atoms with Gasteiger partial charge in [-0.3, -0.25) is 0 Å². The molecule has 1 nitrogen and oxygen atoms in total. The Morgan fingerprint density at radius 1 is 0.295 bits per heavy atom. The van der Waals surface area contributed by atoms with Crippen molar-refractivity contribution in [2.24, 2.45) is 0 Å². The smallest absolute Gasteiger partial charge is 0.143 e. The third kappa shape index (κ3) is 5.78. The lowest BCUT2D eigenvalue weighted by molar-refractivity contribution is 0.670. The van der Waals surface area contributed by atoms with E-state index < -0.39 is 78.6 Å². The molecule has 0 radical (unpaired) electrons. The van der Waals surface area contributed by atoms with Crippen molar-refractivity contribution >= 4 is 54.3 Å². The molecule has 0 aliphatic carbocycles. The van der Waals surface area contributed by atoms with Crippen molar-refractivity contribution in [2.75, 3.05) is 0 Å². The Morgan fingerprint density at radius 3 is 1.61 bits per heavy atom. The van der Waals surface area contributed by atoms with Crippen LogP contribution in [0.1, 0.15) is 17.8 Å². The summed E-state index contributed by atoms with van der Waals surface area (Å²) in [5.41, 5.74) is 7.23. The highest BCUT2D eigenvalue weighted by atomic mass is 16.3. The van der Waals surface area contributed by atoms with Gasteiger partial charge in [0, 0.05) is 16.3 Å². The lowest BCUT2D eigenvalue weighted by Gasteiger charge is -2.22. The number of furan rings is 1. The Labute approximate surface area is 372 Å². The number of hydrogen-bond donors (Lipinski definition) is 0. The molecule has 0 unspecified atom stereocenters. The van der Waals surface area contributed by atoms with Crippen molar-refractivity contribution in [1.82, 2.24) is 0 Å². The van der Waals surface area contributed by atoms with Gasteiger partial charge in [0.1, 0.15) is 11.2 Å². The highest BCUT2D eigenvalue weighted by Crippen LogP contribution is 2.49. The minimum Gasteiger partial charge on any atom is -0.455 e. The normalized spacial score (nSPS) is 14.6. The molecule has 12 rings (SSSR count). The van der Waals surface area contributed by atoms with Crippen LogP contribution in [-0.2, 0) is 0 Å². The summed E-state index contributed by atoms with van der Waals surface area (Å²) < 4.78 is 126. The van der Waals surface area contributed by atoms with Gasteiger partial charge in [-0.25, -0.2) is 0 Å². The summed E-state index contributed by atoms with van der Waals surface area (Å²) >= 11 is 0. The summed E-state index contributed by atoms with van der Waals surface area (Å²) in [7, 11) is 0. The van der Waals surface area contributed by atoms with E-state index in [1.54, 1.807) is 42.5 Å². The summed E-state index contributed by atoms with van der Waals surface area (Å²) in [5.74, 6) is 0. The number of para-hydroxylation sites is 1. The van der Waals surface area contributed by atoms with Gasteiger partial charge >= 0.3 is 0 Å². The Kier molecular flexibility index (Phi) is 5.70. The monoisotopic (exact) mass is 787 g/mol. The first-order valence-electron chi connectivity index (χ1n) is 26.4. The van der Waals surface area contributed by atoms with Gasteiger partial charge in [0.25, 0.3) is 0 Å². The van der Waals surface area contributed by atoms with E-state index in [0.29, 0.717) is 21.9 Å². The van der Waals surface area contributed by atoms with E-state index in [1.807, 2.05) is 103 Å². The first-order valence-corrected chi connectivity index (χ1v) is 19.9. The summed E-state index contributed by atoms with van der Waals surface area (Å²) in [5, 5.41) is 2.68. The van der Waals surface area contributed by atoms with Crippen LogP contribution in [0.15, 0.2) is 235 Å². The molecule has 0 N–H and O–H groups in total. The van der Waals surface area contributed by atoms with Crippen LogP contribution in [-0.4, -0.2) is 0 Å². The Balaban J connectivity index is 1.22. The van der Waals surface area contributed by atoms with E-state index in [9.17, 15) is 5.48 Å². The highest BCUT2D eigenvalue weighted by Gasteiger charge is 2.22. The molecule has 12 aromatic rings. The molecule has 0 saturated heterocycles. The molecule has 0 aliphatic rings. The summed E-state index contributed by atoms with van der Waals surface area (Å²) in [4.78, 5) is 0. The Morgan fingerprint density at radius 2 is 0.885 bits per heavy atom. The van der Waals surface area contributed by atoms with Crippen LogP contribution in [0.4, 0.5) is 0 Å². The van der Waals surface area contributed by atoms with Gasteiger partial charge in [0.15, 0.2) is 0 Å². The van der Waals surface area contributed by atoms with Crippen molar-refractivity contribution in [3.8, 4) is 66.8 Å². The van der Waals surface area contributed by atoms with Gasteiger partial charge in [-0.2, -0.15) is 0 Å². The molecule has 1 heterocycles. The fraction of sp³-hybridized carbons (Fsp3) is 0. The Hall–Kier alpha value is -8.00. The van der Waals surface area contributed by atoms with Gasteiger partial charge in [-0.15, -0.1) is 0 Å². The van der Waals surface area contributed by atoms with Crippen LogP contribution >= 0.6 is 0 Å². The third-order valence-corrected chi connectivity index (χ3v) is 11.6. The van der Waals surface area contributed by atoms with E-state index in [0.717, 1.165) is 49.7 Å². The summed E-state index contributed by atoms with van der Waals surface area (Å²) in [6.45, 7) is 0. The first kappa shape index (κ1) is 24.2. The van der Waals surface area contributed by atoms with E-state index in [4.69, 9.17) is 16.8 Å². The molecule has 0 fully saturated rings. The van der Waals surface area contributed by atoms with Gasteiger partial charge in [0.2, 0.25) is 0 Å². The average Bonchev–Trinajstić information content (AvgIpc) is 3.83. The molecule has 1 heteroatoms. The van der Waals surface area contributed by atoms with Crippen molar-refractivity contribution in [2.45, 2.75) is 0 Å². The maximum atomic E-state index is 9.78. The number of rotatable bonds is 6. The SMILES string of the molecule is [2H]c1c([2H])c([2H])c(-c2ccc3ccccc3c2-c2c3c([2H])c([2H])c([2H])c([2H])c3c(-c3ccc(-c4ccc5oc6c(-c7ccccc7)cccc6c5c4)c(-c4ccccc4)c3)c3c([2H])c([2H])c([2H])c([2H])c23)c([2H])c1[2H].